The number of nitrogens with one attached hydrogen (secondary N) is 1. The van der Waals surface area contributed by atoms with E-state index in [0.717, 1.165) is 18.0 Å². The Kier molecular flexibility index (Phi) is 3.56. The first-order valence-corrected chi connectivity index (χ1v) is 8.94. The third kappa shape index (κ3) is 2.42. The fourth-order valence-electron chi connectivity index (χ4n) is 5.31. The second kappa shape index (κ2) is 5.26. The number of hydrogen-bond acceptors (Lipinski definition) is 3. The lowest BCUT2D eigenvalue weighted by molar-refractivity contribution is 0.0613. The zero-order valence-corrected chi connectivity index (χ0v) is 12.7. The predicted octanol–water partition coefficient (Wildman–Crippen LogP) is 2.29. The number of aliphatic hydroxyl groups is 1. The van der Waals surface area contributed by atoms with Gasteiger partial charge >= 0.3 is 0 Å². The number of piperidine rings is 1. The molecular formula is C17H30N2O. The molecule has 0 radical (unpaired) electrons. The van der Waals surface area contributed by atoms with Crippen LogP contribution >= 0.6 is 0 Å². The van der Waals surface area contributed by atoms with E-state index in [0.29, 0.717) is 12.6 Å². The summed E-state index contributed by atoms with van der Waals surface area (Å²) in [6.07, 6.45) is 13.5. The molecular weight excluding hydrogens is 248 g/mol. The van der Waals surface area contributed by atoms with Crippen LogP contribution in [-0.2, 0) is 0 Å². The molecule has 1 aliphatic heterocycles. The van der Waals surface area contributed by atoms with Gasteiger partial charge in [-0.25, -0.2) is 0 Å². The van der Waals surface area contributed by atoms with E-state index < -0.39 is 0 Å². The van der Waals surface area contributed by atoms with Gasteiger partial charge in [0.15, 0.2) is 0 Å². The maximum Gasteiger partial charge on any atom is 0.0614 e. The molecule has 4 unspecified atom stereocenters. The van der Waals surface area contributed by atoms with Crippen LogP contribution in [0.3, 0.4) is 0 Å². The molecule has 2 N–H and O–H groups in total. The standard InChI is InChI=1S/C17H30N2O/c20-12-17(18-14-6-7-14)9-8-15(11-17)19-10-2-4-13-3-1-5-16(13)19/h13-16,18,20H,1-12H2. The Bertz CT molecular complexity index is 357. The molecule has 0 amide bonds. The molecule has 0 aromatic heterocycles. The van der Waals surface area contributed by atoms with Gasteiger partial charge in [-0.15, -0.1) is 0 Å². The maximum absolute atomic E-state index is 9.92. The highest BCUT2D eigenvalue weighted by molar-refractivity contribution is 5.05. The summed E-state index contributed by atoms with van der Waals surface area (Å²) in [7, 11) is 0. The van der Waals surface area contributed by atoms with Crippen LogP contribution in [0.15, 0.2) is 0 Å². The van der Waals surface area contributed by atoms with E-state index in [1.54, 1.807) is 0 Å². The number of rotatable bonds is 4. The first-order valence-electron chi connectivity index (χ1n) is 8.94. The molecule has 3 heteroatoms. The molecule has 0 spiro atoms. The molecule has 114 valence electrons. The molecule has 4 atom stereocenters. The van der Waals surface area contributed by atoms with Crippen LogP contribution in [0.5, 0.6) is 0 Å². The maximum atomic E-state index is 9.92. The van der Waals surface area contributed by atoms with Gasteiger partial charge in [0, 0.05) is 23.7 Å². The van der Waals surface area contributed by atoms with Crippen LogP contribution < -0.4 is 5.32 Å². The summed E-state index contributed by atoms with van der Waals surface area (Å²) in [5, 5.41) is 13.7. The first-order chi connectivity index (χ1) is 9.80. The van der Waals surface area contributed by atoms with Gasteiger partial charge in [0.2, 0.25) is 0 Å². The summed E-state index contributed by atoms with van der Waals surface area (Å²) in [5.74, 6) is 0.990. The second-order valence-electron chi connectivity index (χ2n) is 7.89. The van der Waals surface area contributed by atoms with Crippen molar-refractivity contribution in [3.63, 3.8) is 0 Å². The van der Waals surface area contributed by atoms with Crippen molar-refractivity contribution in [1.29, 1.82) is 0 Å². The summed E-state index contributed by atoms with van der Waals surface area (Å²) in [5.41, 5.74) is 0.0530. The molecule has 4 fully saturated rings. The summed E-state index contributed by atoms with van der Waals surface area (Å²) >= 11 is 0. The van der Waals surface area contributed by atoms with Crippen LogP contribution in [0.25, 0.3) is 0 Å². The minimum atomic E-state index is 0.0530. The van der Waals surface area contributed by atoms with E-state index in [1.165, 1.54) is 70.8 Å². The van der Waals surface area contributed by atoms with Gasteiger partial charge in [-0.05, 0) is 70.3 Å². The van der Waals surface area contributed by atoms with Gasteiger partial charge in [0.1, 0.15) is 0 Å². The fourth-order valence-corrected chi connectivity index (χ4v) is 5.31. The fraction of sp³-hybridized carbons (Fsp3) is 1.00. The van der Waals surface area contributed by atoms with Crippen molar-refractivity contribution in [2.45, 2.75) is 87.9 Å². The first kappa shape index (κ1) is 13.5. The van der Waals surface area contributed by atoms with Crippen LogP contribution in [0.2, 0.25) is 0 Å². The van der Waals surface area contributed by atoms with Gasteiger partial charge in [0.25, 0.3) is 0 Å². The molecule has 3 saturated carbocycles. The minimum absolute atomic E-state index is 0.0530. The lowest BCUT2D eigenvalue weighted by Crippen LogP contribution is -2.51. The number of nitrogens with zero attached hydrogens (tertiary/aromatic N) is 1. The zero-order valence-electron chi connectivity index (χ0n) is 12.7. The predicted molar refractivity (Wildman–Crippen MR) is 80.7 cm³/mol. The normalized spacial score (nSPS) is 45.8. The lowest BCUT2D eigenvalue weighted by Gasteiger charge is -2.42. The largest absolute Gasteiger partial charge is 0.394 e. The quantitative estimate of drug-likeness (QED) is 0.828. The Labute approximate surface area is 123 Å². The molecule has 1 heterocycles. The molecule has 3 aliphatic carbocycles. The molecule has 4 rings (SSSR count). The molecule has 3 nitrogen and oxygen atoms in total. The van der Waals surface area contributed by atoms with Crippen LogP contribution in [-0.4, -0.2) is 46.8 Å². The Morgan fingerprint density at radius 1 is 1.05 bits per heavy atom. The van der Waals surface area contributed by atoms with Crippen LogP contribution in [0.1, 0.15) is 64.2 Å². The monoisotopic (exact) mass is 278 g/mol. The molecule has 1 saturated heterocycles. The van der Waals surface area contributed by atoms with E-state index >= 15 is 0 Å². The number of fused-ring (bicyclic) bond motifs is 1. The smallest absolute Gasteiger partial charge is 0.0614 e. The van der Waals surface area contributed by atoms with E-state index in [-0.39, 0.29) is 5.54 Å². The highest BCUT2D eigenvalue weighted by Gasteiger charge is 2.46. The van der Waals surface area contributed by atoms with E-state index in [1.807, 2.05) is 0 Å². The Morgan fingerprint density at radius 3 is 2.70 bits per heavy atom. The lowest BCUT2D eigenvalue weighted by atomic mass is 9.90. The van der Waals surface area contributed by atoms with Gasteiger partial charge in [-0.3, -0.25) is 4.90 Å². The molecule has 0 aromatic rings. The average Bonchev–Trinajstić information content (AvgIpc) is 3.00. The van der Waals surface area contributed by atoms with Crippen molar-refractivity contribution in [3.05, 3.63) is 0 Å². The number of hydrogen-bond donors (Lipinski definition) is 2. The second-order valence-corrected chi connectivity index (χ2v) is 7.89. The van der Waals surface area contributed by atoms with Crippen molar-refractivity contribution in [2.75, 3.05) is 13.2 Å². The van der Waals surface area contributed by atoms with Crippen molar-refractivity contribution in [1.82, 2.24) is 10.2 Å². The van der Waals surface area contributed by atoms with E-state index in [9.17, 15) is 5.11 Å². The average molecular weight is 278 g/mol. The molecule has 0 bridgehead atoms. The third-order valence-electron chi connectivity index (χ3n) is 6.48. The van der Waals surface area contributed by atoms with Crippen molar-refractivity contribution >= 4 is 0 Å². The zero-order chi connectivity index (χ0) is 13.6. The Morgan fingerprint density at radius 2 is 1.90 bits per heavy atom. The SMILES string of the molecule is OCC1(NC2CC2)CCC(N2CCCC3CCCC32)C1. The Balaban J connectivity index is 1.43. The highest BCUT2D eigenvalue weighted by Crippen LogP contribution is 2.43. The van der Waals surface area contributed by atoms with Gasteiger partial charge in [0.05, 0.1) is 6.61 Å². The van der Waals surface area contributed by atoms with E-state index in [4.69, 9.17) is 0 Å². The number of likely N-dealkylation sites (tertiary alicyclic amines) is 1. The van der Waals surface area contributed by atoms with Crippen molar-refractivity contribution in [2.24, 2.45) is 5.92 Å². The van der Waals surface area contributed by atoms with Crippen LogP contribution in [0.4, 0.5) is 0 Å². The van der Waals surface area contributed by atoms with Crippen LogP contribution in [0, 0.1) is 5.92 Å². The van der Waals surface area contributed by atoms with Crippen molar-refractivity contribution in [3.8, 4) is 0 Å². The van der Waals surface area contributed by atoms with Crippen molar-refractivity contribution < 1.29 is 5.11 Å². The topological polar surface area (TPSA) is 35.5 Å². The summed E-state index contributed by atoms with van der Waals surface area (Å²) in [6.45, 7) is 1.65. The van der Waals surface area contributed by atoms with Gasteiger partial charge < -0.3 is 10.4 Å². The number of aliphatic hydroxyl groups excluding tert-OH is 1. The summed E-state index contributed by atoms with van der Waals surface area (Å²) in [4.78, 5) is 2.85. The summed E-state index contributed by atoms with van der Waals surface area (Å²) in [6, 6.07) is 2.32. The van der Waals surface area contributed by atoms with Gasteiger partial charge in [-0.1, -0.05) is 6.42 Å². The van der Waals surface area contributed by atoms with Gasteiger partial charge in [-0.2, -0.15) is 0 Å². The molecule has 20 heavy (non-hydrogen) atoms. The molecule has 4 aliphatic rings. The Hall–Kier alpha value is -0.120. The minimum Gasteiger partial charge on any atom is -0.394 e. The molecule has 0 aromatic carbocycles. The summed E-state index contributed by atoms with van der Waals surface area (Å²) < 4.78 is 0. The highest BCUT2D eigenvalue weighted by atomic mass is 16.3. The third-order valence-corrected chi connectivity index (χ3v) is 6.48. The van der Waals surface area contributed by atoms with E-state index in [2.05, 4.69) is 10.2 Å².